The predicted octanol–water partition coefficient (Wildman–Crippen LogP) is 4.22. The monoisotopic (exact) mass is 243 g/mol. The Morgan fingerprint density at radius 3 is 2.38 bits per heavy atom. The van der Waals surface area contributed by atoms with Crippen molar-refractivity contribution >= 4 is 11.8 Å². The van der Waals surface area contributed by atoms with Gasteiger partial charge in [0.2, 0.25) is 0 Å². The lowest BCUT2D eigenvalue weighted by Gasteiger charge is -2.37. The Kier molecular flexibility index (Phi) is 6.83. The highest BCUT2D eigenvalue weighted by atomic mass is 32.2. The average Bonchev–Trinajstić information content (AvgIpc) is 2.35. The Bertz CT molecular complexity index is 176. The summed E-state index contributed by atoms with van der Waals surface area (Å²) in [4.78, 5) is 0. The van der Waals surface area contributed by atoms with E-state index in [-0.39, 0.29) is 0 Å². The molecule has 96 valence electrons. The minimum Gasteiger partial charge on any atom is -0.313 e. The van der Waals surface area contributed by atoms with Crippen LogP contribution in [0.15, 0.2) is 0 Å². The first-order valence-electron chi connectivity index (χ1n) is 7.05. The van der Waals surface area contributed by atoms with Crippen molar-refractivity contribution in [1.29, 1.82) is 0 Å². The molecule has 16 heavy (non-hydrogen) atoms. The Morgan fingerprint density at radius 1 is 1.19 bits per heavy atom. The molecule has 0 heterocycles. The molecule has 1 fully saturated rings. The molecule has 1 nitrogen and oxygen atoms in total. The van der Waals surface area contributed by atoms with E-state index in [9.17, 15) is 0 Å². The molecule has 0 spiro atoms. The van der Waals surface area contributed by atoms with Gasteiger partial charge in [-0.25, -0.2) is 0 Å². The summed E-state index contributed by atoms with van der Waals surface area (Å²) in [5.74, 6) is 0. The van der Waals surface area contributed by atoms with Crippen LogP contribution >= 0.6 is 11.8 Å². The summed E-state index contributed by atoms with van der Waals surface area (Å²) in [7, 11) is 0. The van der Waals surface area contributed by atoms with Gasteiger partial charge in [0, 0.05) is 17.3 Å². The minimum absolute atomic E-state index is 0.555. The topological polar surface area (TPSA) is 12.0 Å². The van der Waals surface area contributed by atoms with Crippen molar-refractivity contribution in [2.24, 2.45) is 0 Å². The molecule has 0 radical (unpaired) electrons. The molecular weight excluding hydrogens is 214 g/mol. The van der Waals surface area contributed by atoms with Crippen LogP contribution in [0.2, 0.25) is 0 Å². The van der Waals surface area contributed by atoms with Gasteiger partial charge in [0.25, 0.3) is 0 Å². The predicted molar refractivity (Wildman–Crippen MR) is 76.3 cm³/mol. The molecule has 1 rings (SSSR count). The smallest absolute Gasteiger partial charge is 0.0281 e. The maximum atomic E-state index is 3.81. The van der Waals surface area contributed by atoms with Gasteiger partial charge in [-0.3, -0.25) is 0 Å². The van der Waals surface area contributed by atoms with Gasteiger partial charge in [-0.15, -0.1) is 0 Å². The van der Waals surface area contributed by atoms with E-state index in [0.29, 0.717) is 4.75 Å². The van der Waals surface area contributed by atoms with Crippen LogP contribution in [0, 0.1) is 0 Å². The molecule has 1 unspecified atom stereocenters. The summed E-state index contributed by atoms with van der Waals surface area (Å²) < 4.78 is 0.555. The highest BCUT2D eigenvalue weighted by Crippen LogP contribution is 2.38. The highest BCUT2D eigenvalue weighted by Gasteiger charge is 2.31. The minimum atomic E-state index is 0.555. The normalized spacial score (nSPS) is 21.9. The van der Waals surface area contributed by atoms with E-state index in [1.54, 1.807) is 0 Å². The molecular formula is C14H29NS. The fourth-order valence-electron chi connectivity index (χ4n) is 2.78. The van der Waals surface area contributed by atoms with Crippen molar-refractivity contribution in [2.75, 3.05) is 12.8 Å². The summed E-state index contributed by atoms with van der Waals surface area (Å²) in [6.45, 7) is 5.82. The zero-order valence-corrected chi connectivity index (χ0v) is 12.2. The number of thioether (sulfide) groups is 1. The quantitative estimate of drug-likeness (QED) is 0.718. The second-order valence-corrected chi connectivity index (χ2v) is 6.50. The van der Waals surface area contributed by atoms with Gasteiger partial charge in [-0.1, -0.05) is 39.5 Å². The number of nitrogens with one attached hydrogen (secondary N) is 1. The molecule has 1 aliphatic carbocycles. The Balaban J connectivity index is 2.36. The summed E-state index contributed by atoms with van der Waals surface area (Å²) >= 11 is 2.10. The third-order valence-electron chi connectivity index (χ3n) is 4.04. The summed E-state index contributed by atoms with van der Waals surface area (Å²) in [6, 6.07) is 0.746. The summed E-state index contributed by atoms with van der Waals surface area (Å²) in [5, 5.41) is 3.81. The van der Waals surface area contributed by atoms with Crippen molar-refractivity contribution in [1.82, 2.24) is 5.32 Å². The lowest BCUT2D eigenvalue weighted by atomic mass is 9.88. The maximum Gasteiger partial charge on any atom is 0.0281 e. The molecule has 0 aromatic rings. The second-order valence-electron chi connectivity index (χ2n) is 5.22. The van der Waals surface area contributed by atoms with E-state index in [1.165, 1.54) is 57.9 Å². The molecule has 0 aromatic carbocycles. The van der Waals surface area contributed by atoms with Crippen LogP contribution in [0.3, 0.4) is 0 Å². The SMILES string of the molecule is CCCC(CC)NCC1(SC)CCCCC1. The fraction of sp³-hybridized carbons (Fsp3) is 1.00. The molecule has 1 aliphatic rings. The van der Waals surface area contributed by atoms with E-state index in [0.717, 1.165) is 6.04 Å². The van der Waals surface area contributed by atoms with Crippen LogP contribution in [0.5, 0.6) is 0 Å². The van der Waals surface area contributed by atoms with Crippen molar-refractivity contribution in [3.05, 3.63) is 0 Å². The van der Waals surface area contributed by atoms with Crippen LogP contribution < -0.4 is 5.32 Å². The van der Waals surface area contributed by atoms with Crippen molar-refractivity contribution in [2.45, 2.75) is 76.0 Å². The number of hydrogen-bond acceptors (Lipinski definition) is 2. The van der Waals surface area contributed by atoms with Crippen molar-refractivity contribution in [3.63, 3.8) is 0 Å². The lowest BCUT2D eigenvalue weighted by Crippen LogP contribution is -2.43. The van der Waals surface area contributed by atoms with E-state index in [2.05, 4.69) is 37.2 Å². The molecule has 2 heteroatoms. The van der Waals surface area contributed by atoms with Crippen LogP contribution in [0.1, 0.15) is 65.2 Å². The molecule has 1 saturated carbocycles. The van der Waals surface area contributed by atoms with Gasteiger partial charge in [0.15, 0.2) is 0 Å². The van der Waals surface area contributed by atoms with Gasteiger partial charge in [-0.2, -0.15) is 11.8 Å². The first-order chi connectivity index (χ1) is 7.76. The Hall–Kier alpha value is 0.310. The zero-order valence-electron chi connectivity index (χ0n) is 11.3. The van der Waals surface area contributed by atoms with Crippen LogP contribution in [0.25, 0.3) is 0 Å². The third kappa shape index (κ3) is 4.29. The molecule has 1 atom stereocenters. The molecule has 0 amide bonds. The fourth-order valence-corrected chi connectivity index (χ4v) is 3.70. The van der Waals surface area contributed by atoms with Gasteiger partial charge in [0.1, 0.15) is 0 Å². The van der Waals surface area contributed by atoms with Crippen LogP contribution in [-0.2, 0) is 0 Å². The van der Waals surface area contributed by atoms with Crippen LogP contribution in [-0.4, -0.2) is 23.6 Å². The highest BCUT2D eigenvalue weighted by molar-refractivity contribution is 8.00. The van der Waals surface area contributed by atoms with Crippen molar-refractivity contribution in [3.8, 4) is 0 Å². The van der Waals surface area contributed by atoms with Crippen molar-refractivity contribution < 1.29 is 0 Å². The average molecular weight is 243 g/mol. The van der Waals surface area contributed by atoms with Gasteiger partial charge in [0.05, 0.1) is 0 Å². The van der Waals surface area contributed by atoms with Crippen LogP contribution in [0.4, 0.5) is 0 Å². The zero-order chi connectivity index (χ0) is 11.9. The van der Waals surface area contributed by atoms with E-state index in [1.807, 2.05) is 0 Å². The first kappa shape index (κ1) is 14.4. The maximum absolute atomic E-state index is 3.81. The molecule has 0 bridgehead atoms. The Morgan fingerprint density at radius 2 is 1.88 bits per heavy atom. The van der Waals surface area contributed by atoms with Gasteiger partial charge in [-0.05, 0) is 31.9 Å². The van der Waals surface area contributed by atoms with E-state index < -0.39 is 0 Å². The molecule has 1 N–H and O–H groups in total. The van der Waals surface area contributed by atoms with Gasteiger partial charge >= 0.3 is 0 Å². The molecule has 0 aromatic heterocycles. The molecule has 0 saturated heterocycles. The lowest BCUT2D eigenvalue weighted by molar-refractivity contribution is 0.351. The third-order valence-corrected chi connectivity index (χ3v) is 5.46. The number of hydrogen-bond donors (Lipinski definition) is 1. The summed E-state index contributed by atoms with van der Waals surface area (Å²) in [6.07, 6.45) is 13.4. The number of rotatable bonds is 7. The molecule has 0 aliphatic heterocycles. The van der Waals surface area contributed by atoms with E-state index >= 15 is 0 Å². The summed E-state index contributed by atoms with van der Waals surface area (Å²) in [5.41, 5.74) is 0. The standard InChI is InChI=1S/C14H29NS/c1-4-9-13(5-2)15-12-14(16-3)10-7-6-8-11-14/h13,15H,4-12H2,1-3H3. The first-order valence-corrected chi connectivity index (χ1v) is 8.27. The second kappa shape index (κ2) is 7.60. The Labute approximate surface area is 106 Å². The largest absolute Gasteiger partial charge is 0.313 e. The van der Waals surface area contributed by atoms with Gasteiger partial charge < -0.3 is 5.32 Å². The van der Waals surface area contributed by atoms with E-state index in [4.69, 9.17) is 0 Å².